The molecule has 0 amide bonds. The molecular weight excluding hydrogens is 268 g/mol. The summed E-state index contributed by atoms with van der Waals surface area (Å²) in [6.07, 6.45) is 0. The lowest BCUT2D eigenvalue weighted by molar-refractivity contribution is 1.10. The van der Waals surface area contributed by atoms with Crippen molar-refractivity contribution in [1.29, 1.82) is 0 Å². The molecule has 0 saturated carbocycles. The first-order valence-corrected chi connectivity index (χ1v) is 5.23. The van der Waals surface area contributed by atoms with Crippen LogP contribution in [0.4, 0.5) is 0 Å². The Kier molecular flexibility index (Phi) is 3.14. The Balaban J connectivity index is 3.17. The first-order valence-electron chi connectivity index (χ1n) is 3.52. The summed E-state index contributed by atoms with van der Waals surface area (Å²) in [4.78, 5) is 0.414. The maximum atomic E-state index is 3.55. The second-order valence-corrected chi connectivity index (χ2v) is 4.76. The van der Waals surface area contributed by atoms with Crippen LogP contribution in [0.3, 0.4) is 0 Å². The fraction of sp³-hybridized carbons (Fsp3) is 0.333. The van der Waals surface area contributed by atoms with Gasteiger partial charge < -0.3 is 0 Å². The van der Waals surface area contributed by atoms with Crippen molar-refractivity contribution in [3.05, 3.63) is 33.8 Å². The van der Waals surface area contributed by atoms with E-state index in [-0.39, 0.29) is 0 Å². The van der Waals surface area contributed by atoms with Crippen molar-refractivity contribution >= 4 is 31.9 Å². The summed E-state index contributed by atoms with van der Waals surface area (Å²) in [5.74, 6) is 0. The number of benzene rings is 1. The van der Waals surface area contributed by atoms with Crippen molar-refractivity contribution in [1.82, 2.24) is 0 Å². The second-order valence-electron chi connectivity index (χ2n) is 2.59. The van der Waals surface area contributed by atoms with Crippen molar-refractivity contribution < 1.29 is 0 Å². The maximum absolute atomic E-state index is 3.55. The first kappa shape index (κ1) is 9.27. The average Bonchev–Trinajstić information content (AvgIpc) is 1.94. The molecule has 0 saturated heterocycles. The molecule has 1 aromatic carbocycles. The molecule has 1 atom stereocenters. The van der Waals surface area contributed by atoms with E-state index in [1.807, 2.05) is 0 Å². The zero-order valence-electron chi connectivity index (χ0n) is 6.57. The van der Waals surface area contributed by atoms with Crippen LogP contribution in [0, 0.1) is 6.92 Å². The number of hydrogen-bond acceptors (Lipinski definition) is 0. The van der Waals surface area contributed by atoms with Crippen LogP contribution in [0.5, 0.6) is 0 Å². The third-order valence-corrected chi connectivity index (χ3v) is 3.23. The SMILES string of the molecule is Cc1cccc(C(C)Br)c1Br. The number of halogens is 2. The molecule has 0 aliphatic carbocycles. The molecule has 0 nitrogen and oxygen atoms in total. The van der Waals surface area contributed by atoms with Gasteiger partial charge in [-0.1, -0.05) is 50.1 Å². The Hall–Kier alpha value is 0.180. The Morgan fingerprint density at radius 2 is 2.00 bits per heavy atom. The lowest BCUT2D eigenvalue weighted by atomic mass is 10.1. The second kappa shape index (κ2) is 3.72. The van der Waals surface area contributed by atoms with Gasteiger partial charge in [0.2, 0.25) is 0 Å². The van der Waals surface area contributed by atoms with Crippen LogP contribution in [-0.2, 0) is 0 Å². The molecule has 0 spiro atoms. The lowest BCUT2D eigenvalue weighted by Gasteiger charge is -2.08. The fourth-order valence-corrected chi connectivity index (χ4v) is 2.27. The predicted octanol–water partition coefficient (Wildman–Crippen LogP) is 4.21. The van der Waals surface area contributed by atoms with E-state index < -0.39 is 0 Å². The number of hydrogen-bond donors (Lipinski definition) is 0. The highest BCUT2D eigenvalue weighted by molar-refractivity contribution is 9.11. The van der Waals surface area contributed by atoms with Gasteiger partial charge in [0.1, 0.15) is 0 Å². The van der Waals surface area contributed by atoms with Crippen LogP contribution in [0.25, 0.3) is 0 Å². The smallest absolute Gasteiger partial charge is 0.0378 e. The molecule has 1 unspecified atom stereocenters. The summed E-state index contributed by atoms with van der Waals surface area (Å²) in [6, 6.07) is 6.30. The standard InChI is InChI=1S/C9H10Br2/c1-6-4-3-5-8(7(2)10)9(6)11/h3-5,7H,1-2H3. The summed E-state index contributed by atoms with van der Waals surface area (Å²) in [5.41, 5.74) is 2.60. The minimum atomic E-state index is 0.414. The molecular formula is C9H10Br2. The molecule has 0 bridgehead atoms. The molecule has 11 heavy (non-hydrogen) atoms. The summed E-state index contributed by atoms with van der Waals surface area (Å²) in [6.45, 7) is 4.22. The van der Waals surface area contributed by atoms with E-state index in [0.717, 1.165) is 0 Å². The van der Waals surface area contributed by atoms with Gasteiger partial charge in [0.15, 0.2) is 0 Å². The quantitative estimate of drug-likeness (QED) is 0.675. The van der Waals surface area contributed by atoms with Gasteiger partial charge in [-0.3, -0.25) is 0 Å². The number of alkyl halides is 1. The normalized spacial score (nSPS) is 13.1. The number of rotatable bonds is 1. The molecule has 0 aromatic heterocycles. The van der Waals surface area contributed by atoms with E-state index >= 15 is 0 Å². The van der Waals surface area contributed by atoms with Gasteiger partial charge in [-0.2, -0.15) is 0 Å². The van der Waals surface area contributed by atoms with Crippen LogP contribution in [0.2, 0.25) is 0 Å². The van der Waals surface area contributed by atoms with E-state index in [0.29, 0.717) is 4.83 Å². The zero-order chi connectivity index (χ0) is 8.43. The van der Waals surface area contributed by atoms with E-state index in [2.05, 4.69) is 63.9 Å². The van der Waals surface area contributed by atoms with Crippen molar-refractivity contribution in [3.8, 4) is 0 Å². The van der Waals surface area contributed by atoms with E-state index in [1.165, 1.54) is 15.6 Å². The topological polar surface area (TPSA) is 0 Å². The molecule has 1 aromatic rings. The third-order valence-electron chi connectivity index (χ3n) is 1.65. The van der Waals surface area contributed by atoms with Gasteiger partial charge in [0, 0.05) is 9.30 Å². The summed E-state index contributed by atoms with van der Waals surface area (Å²) in [5, 5.41) is 0. The van der Waals surface area contributed by atoms with Crippen LogP contribution in [-0.4, -0.2) is 0 Å². The molecule has 0 aliphatic heterocycles. The summed E-state index contributed by atoms with van der Waals surface area (Å²) in [7, 11) is 0. The monoisotopic (exact) mass is 276 g/mol. The van der Waals surface area contributed by atoms with Gasteiger partial charge >= 0.3 is 0 Å². The predicted molar refractivity (Wildman–Crippen MR) is 56.2 cm³/mol. The maximum Gasteiger partial charge on any atom is 0.0378 e. The van der Waals surface area contributed by atoms with Crippen molar-refractivity contribution in [2.45, 2.75) is 18.7 Å². The summed E-state index contributed by atoms with van der Waals surface area (Å²) < 4.78 is 1.21. The molecule has 0 fully saturated rings. The van der Waals surface area contributed by atoms with Gasteiger partial charge in [-0.05, 0) is 25.0 Å². The average molecular weight is 278 g/mol. The highest BCUT2D eigenvalue weighted by Crippen LogP contribution is 2.30. The third kappa shape index (κ3) is 2.06. The van der Waals surface area contributed by atoms with Crippen molar-refractivity contribution in [3.63, 3.8) is 0 Å². The van der Waals surface area contributed by atoms with Crippen LogP contribution in [0.15, 0.2) is 22.7 Å². The van der Waals surface area contributed by atoms with Crippen LogP contribution < -0.4 is 0 Å². The van der Waals surface area contributed by atoms with E-state index in [9.17, 15) is 0 Å². The first-order chi connectivity index (χ1) is 5.13. The molecule has 0 aliphatic rings. The minimum absolute atomic E-state index is 0.414. The van der Waals surface area contributed by atoms with Crippen molar-refractivity contribution in [2.24, 2.45) is 0 Å². The Morgan fingerprint density at radius 1 is 1.36 bits per heavy atom. The van der Waals surface area contributed by atoms with Crippen LogP contribution in [0.1, 0.15) is 22.9 Å². The molecule has 0 heterocycles. The fourth-order valence-electron chi connectivity index (χ4n) is 0.977. The Labute approximate surface area is 84.3 Å². The van der Waals surface area contributed by atoms with Gasteiger partial charge in [0.25, 0.3) is 0 Å². The zero-order valence-corrected chi connectivity index (χ0v) is 9.74. The summed E-state index contributed by atoms with van der Waals surface area (Å²) >= 11 is 7.09. The molecule has 1 rings (SSSR count). The van der Waals surface area contributed by atoms with Gasteiger partial charge in [-0.15, -0.1) is 0 Å². The molecule has 0 N–H and O–H groups in total. The van der Waals surface area contributed by atoms with Gasteiger partial charge in [0.05, 0.1) is 0 Å². The Morgan fingerprint density at radius 3 is 2.45 bits per heavy atom. The largest absolute Gasteiger partial charge is 0.0841 e. The number of aryl methyl sites for hydroxylation is 1. The van der Waals surface area contributed by atoms with E-state index in [4.69, 9.17) is 0 Å². The highest BCUT2D eigenvalue weighted by Gasteiger charge is 2.05. The molecule has 60 valence electrons. The molecule has 2 heteroatoms. The highest BCUT2D eigenvalue weighted by atomic mass is 79.9. The van der Waals surface area contributed by atoms with Crippen LogP contribution >= 0.6 is 31.9 Å². The van der Waals surface area contributed by atoms with E-state index in [1.54, 1.807) is 0 Å². The minimum Gasteiger partial charge on any atom is -0.0841 e. The lowest BCUT2D eigenvalue weighted by Crippen LogP contribution is -1.87. The van der Waals surface area contributed by atoms with Gasteiger partial charge in [-0.25, -0.2) is 0 Å². The molecule has 0 radical (unpaired) electrons. The Bertz CT molecular complexity index is 254. The van der Waals surface area contributed by atoms with Crippen molar-refractivity contribution in [2.75, 3.05) is 0 Å².